The summed E-state index contributed by atoms with van der Waals surface area (Å²) in [6.07, 6.45) is 0. The first kappa shape index (κ1) is 9.06. The maximum absolute atomic E-state index is 8.53. The SMILES string of the molecule is [Ni+2].[O-]B([O-])O. The van der Waals surface area contributed by atoms with Gasteiger partial charge in [0.25, 0.3) is 0 Å². The van der Waals surface area contributed by atoms with Crippen molar-refractivity contribution >= 4 is 7.32 Å². The first-order valence-corrected chi connectivity index (χ1v) is 0.730. The van der Waals surface area contributed by atoms with Gasteiger partial charge >= 0.3 is 16.5 Å². The van der Waals surface area contributed by atoms with Gasteiger partial charge in [-0.1, -0.05) is 0 Å². The van der Waals surface area contributed by atoms with Crippen LogP contribution in [0.5, 0.6) is 0 Å². The normalized spacial score (nSPS) is 5.40. The Kier molecular flexibility index (Phi) is 8.04. The molecule has 0 radical (unpaired) electrons. The topological polar surface area (TPSA) is 66.3 Å². The van der Waals surface area contributed by atoms with Gasteiger partial charge in [-0.15, -0.1) is 0 Å². The van der Waals surface area contributed by atoms with E-state index in [1.54, 1.807) is 0 Å². The summed E-state index contributed by atoms with van der Waals surface area (Å²) in [5.74, 6) is 0. The Balaban J connectivity index is 0. The fraction of sp³-hybridized carbons (Fsp3) is 0. The van der Waals surface area contributed by atoms with Gasteiger partial charge in [-0.2, -0.15) is 0 Å². The Bertz CT molecular complexity index is 11.6. The molecular formula is HBNiO3. The van der Waals surface area contributed by atoms with Crippen molar-refractivity contribution in [2.75, 3.05) is 0 Å². The minimum Gasteiger partial charge on any atom is -0.871 e. The van der Waals surface area contributed by atoms with E-state index in [1.807, 2.05) is 0 Å². The molecule has 0 atom stereocenters. The molecule has 3 nitrogen and oxygen atoms in total. The van der Waals surface area contributed by atoms with Crippen LogP contribution in [-0.2, 0) is 16.5 Å². The molecule has 1 N–H and O–H groups in total. The third-order valence-electron chi connectivity index (χ3n) is 0. The molecular weight excluding hydrogens is 118 g/mol. The molecule has 0 heterocycles. The summed E-state index contributed by atoms with van der Waals surface area (Å²) in [6, 6.07) is 0. The number of hydrogen-bond acceptors (Lipinski definition) is 3. The van der Waals surface area contributed by atoms with E-state index in [-0.39, 0.29) is 16.5 Å². The van der Waals surface area contributed by atoms with Gasteiger partial charge in [0.05, 0.1) is 7.32 Å². The molecule has 0 aromatic rings. The van der Waals surface area contributed by atoms with Gasteiger partial charge in [-0.3, -0.25) is 0 Å². The Morgan fingerprint density at radius 2 is 1.40 bits per heavy atom. The monoisotopic (exact) mass is 118 g/mol. The quantitative estimate of drug-likeness (QED) is 0.339. The van der Waals surface area contributed by atoms with Gasteiger partial charge in [-0.25, -0.2) is 0 Å². The zero-order valence-electron chi connectivity index (χ0n) is 2.16. The van der Waals surface area contributed by atoms with Crippen molar-refractivity contribution in [3.8, 4) is 0 Å². The molecule has 0 rings (SSSR count). The molecule has 0 saturated carbocycles. The third kappa shape index (κ3) is 137. The van der Waals surface area contributed by atoms with Gasteiger partial charge in [-0.05, 0) is 0 Å². The Morgan fingerprint density at radius 3 is 1.40 bits per heavy atom. The average Bonchev–Trinajstić information content (AvgIpc) is 0.811. The van der Waals surface area contributed by atoms with Crippen molar-refractivity contribution in [3.63, 3.8) is 0 Å². The molecule has 0 unspecified atom stereocenters. The van der Waals surface area contributed by atoms with Crippen molar-refractivity contribution in [2.45, 2.75) is 0 Å². The third-order valence-corrected chi connectivity index (χ3v) is 0. The van der Waals surface area contributed by atoms with Crippen LogP contribution in [0.1, 0.15) is 0 Å². The standard InChI is InChI=1S/BHO3.Ni/c2-1(3)4;/h2H;/q-2;+2. The molecule has 0 spiro atoms. The van der Waals surface area contributed by atoms with E-state index in [2.05, 4.69) is 0 Å². The molecule has 5 heteroatoms. The molecule has 0 aliphatic heterocycles. The molecule has 0 aromatic carbocycles. The summed E-state index contributed by atoms with van der Waals surface area (Å²) < 4.78 is 0. The number of rotatable bonds is 0. The average molecular weight is 119 g/mol. The summed E-state index contributed by atoms with van der Waals surface area (Å²) in [4.78, 5) is 0. The summed E-state index contributed by atoms with van der Waals surface area (Å²) in [6.45, 7) is 0. The molecule has 0 saturated heterocycles. The number of hydrogen-bond donors (Lipinski definition) is 1. The fourth-order valence-corrected chi connectivity index (χ4v) is 0. The van der Waals surface area contributed by atoms with E-state index < -0.39 is 7.32 Å². The van der Waals surface area contributed by atoms with Crippen LogP contribution in [0.2, 0.25) is 0 Å². The van der Waals surface area contributed by atoms with Crippen LogP contribution in [0.15, 0.2) is 0 Å². The van der Waals surface area contributed by atoms with Gasteiger partial charge in [0.15, 0.2) is 0 Å². The van der Waals surface area contributed by atoms with Gasteiger partial charge in [0.2, 0.25) is 0 Å². The van der Waals surface area contributed by atoms with E-state index in [0.717, 1.165) is 0 Å². The summed E-state index contributed by atoms with van der Waals surface area (Å²) in [5, 5.41) is 24.0. The van der Waals surface area contributed by atoms with Crippen LogP contribution < -0.4 is 10.0 Å². The van der Waals surface area contributed by atoms with E-state index in [1.165, 1.54) is 0 Å². The second kappa shape index (κ2) is 4.44. The molecule has 0 aliphatic rings. The molecule has 0 fully saturated rings. The predicted octanol–water partition coefficient (Wildman–Crippen LogP) is -3.32. The minimum absolute atomic E-state index is 0. The largest absolute Gasteiger partial charge is 2.00 e. The zero-order chi connectivity index (χ0) is 3.58. The van der Waals surface area contributed by atoms with Crippen LogP contribution in [-0.4, -0.2) is 12.3 Å². The van der Waals surface area contributed by atoms with Crippen molar-refractivity contribution in [2.24, 2.45) is 0 Å². The van der Waals surface area contributed by atoms with Crippen LogP contribution in [0.4, 0.5) is 0 Å². The Morgan fingerprint density at radius 1 is 1.40 bits per heavy atom. The maximum atomic E-state index is 8.53. The Hall–Kier alpha value is 0.438. The van der Waals surface area contributed by atoms with Crippen molar-refractivity contribution < 1.29 is 31.6 Å². The van der Waals surface area contributed by atoms with Crippen LogP contribution in [0.25, 0.3) is 0 Å². The summed E-state index contributed by atoms with van der Waals surface area (Å²) >= 11 is 0. The van der Waals surface area contributed by atoms with Crippen LogP contribution >= 0.6 is 0 Å². The Labute approximate surface area is 39.7 Å². The second-order valence-electron chi connectivity index (χ2n) is 0.307. The van der Waals surface area contributed by atoms with E-state index in [4.69, 9.17) is 15.1 Å². The second-order valence-corrected chi connectivity index (χ2v) is 0.307. The zero-order valence-corrected chi connectivity index (χ0v) is 3.14. The van der Waals surface area contributed by atoms with Gasteiger partial charge in [0.1, 0.15) is 0 Å². The van der Waals surface area contributed by atoms with E-state index >= 15 is 0 Å². The van der Waals surface area contributed by atoms with E-state index in [0.29, 0.717) is 0 Å². The van der Waals surface area contributed by atoms with Crippen LogP contribution in [0, 0.1) is 0 Å². The van der Waals surface area contributed by atoms with Crippen molar-refractivity contribution in [3.05, 3.63) is 0 Å². The van der Waals surface area contributed by atoms with Crippen molar-refractivity contribution in [1.29, 1.82) is 0 Å². The molecule has 0 aromatic heterocycles. The van der Waals surface area contributed by atoms with E-state index in [9.17, 15) is 0 Å². The molecule has 0 bridgehead atoms. The summed E-state index contributed by atoms with van der Waals surface area (Å²) in [7, 11) is -2.67. The van der Waals surface area contributed by atoms with Gasteiger partial charge in [0, 0.05) is 0 Å². The molecule has 0 aliphatic carbocycles. The first-order chi connectivity index (χ1) is 1.73. The van der Waals surface area contributed by atoms with Gasteiger partial charge < -0.3 is 15.1 Å². The molecule has 0 amide bonds. The summed E-state index contributed by atoms with van der Waals surface area (Å²) in [5.41, 5.74) is 0. The predicted molar refractivity (Wildman–Crippen MR) is 7.97 cm³/mol. The molecule has 5 heavy (non-hydrogen) atoms. The fourth-order valence-electron chi connectivity index (χ4n) is 0. The first-order valence-electron chi connectivity index (χ1n) is 0.730. The minimum atomic E-state index is -2.67. The maximum Gasteiger partial charge on any atom is 2.00 e. The van der Waals surface area contributed by atoms with Crippen molar-refractivity contribution in [1.82, 2.24) is 0 Å². The smallest absolute Gasteiger partial charge is 0.871 e. The van der Waals surface area contributed by atoms with Crippen LogP contribution in [0.3, 0.4) is 0 Å². The molecule has 32 valence electrons.